The highest BCUT2D eigenvalue weighted by Gasteiger charge is 2.15. The van der Waals surface area contributed by atoms with Crippen LogP contribution in [0.25, 0.3) is 10.6 Å². The van der Waals surface area contributed by atoms with E-state index in [9.17, 15) is 4.79 Å². The van der Waals surface area contributed by atoms with Crippen LogP contribution in [-0.4, -0.2) is 44.0 Å². The number of hydrogen-bond acceptors (Lipinski definition) is 6. The molecule has 23 heavy (non-hydrogen) atoms. The summed E-state index contributed by atoms with van der Waals surface area (Å²) in [6.07, 6.45) is 3.29. The fraction of sp³-hybridized carbons (Fsp3) is 0.294. The smallest absolute Gasteiger partial charge is 0.199 e. The van der Waals surface area contributed by atoms with Gasteiger partial charge in [0.05, 0.1) is 24.8 Å². The molecule has 2 aromatic rings. The van der Waals surface area contributed by atoms with Crippen LogP contribution in [0.5, 0.6) is 11.5 Å². The van der Waals surface area contributed by atoms with Crippen molar-refractivity contribution in [3.63, 3.8) is 0 Å². The molecular formula is C17H20N2O3S. The molecular weight excluding hydrogens is 312 g/mol. The van der Waals surface area contributed by atoms with E-state index in [1.807, 2.05) is 44.1 Å². The van der Waals surface area contributed by atoms with Gasteiger partial charge in [0, 0.05) is 31.9 Å². The van der Waals surface area contributed by atoms with Gasteiger partial charge in [-0.25, -0.2) is 4.98 Å². The van der Waals surface area contributed by atoms with Crippen molar-refractivity contribution in [1.82, 2.24) is 9.88 Å². The first-order chi connectivity index (χ1) is 11.0. The van der Waals surface area contributed by atoms with Crippen LogP contribution in [-0.2, 0) is 0 Å². The number of aromatic nitrogens is 1. The third-order valence-corrected chi connectivity index (χ3v) is 4.40. The number of ether oxygens (including phenoxy) is 2. The monoisotopic (exact) mass is 332 g/mol. The molecule has 1 aromatic heterocycles. The van der Waals surface area contributed by atoms with Crippen molar-refractivity contribution >= 4 is 17.1 Å². The maximum atomic E-state index is 12.3. The molecule has 0 aliphatic rings. The number of thiazole rings is 1. The molecule has 0 N–H and O–H groups in total. The van der Waals surface area contributed by atoms with Crippen molar-refractivity contribution in [2.45, 2.75) is 6.92 Å². The van der Waals surface area contributed by atoms with E-state index in [2.05, 4.69) is 4.98 Å². The van der Waals surface area contributed by atoms with Gasteiger partial charge in [0.15, 0.2) is 17.3 Å². The Hall–Kier alpha value is -2.34. The molecule has 0 bridgehead atoms. The van der Waals surface area contributed by atoms with Gasteiger partial charge in [-0.2, -0.15) is 0 Å². The molecule has 122 valence electrons. The Labute approximate surface area is 140 Å². The molecule has 0 unspecified atom stereocenters. The summed E-state index contributed by atoms with van der Waals surface area (Å²) >= 11 is 1.38. The van der Waals surface area contributed by atoms with E-state index in [-0.39, 0.29) is 5.78 Å². The molecule has 0 atom stereocenters. The number of hydrogen-bond donors (Lipinski definition) is 0. The first-order valence-corrected chi connectivity index (χ1v) is 7.86. The summed E-state index contributed by atoms with van der Waals surface area (Å²) in [7, 11) is 6.94. The van der Waals surface area contributed by atoms with Gasteiger partial charge in [-0.15, -0.1) is 11.3 Å². The van der Waals surface area contributed by atoms with E-state index in [1.165, 1.54) is 11.3 Å². The first-order valence-electron chi connectivity index (χ1n) is 7.05. The van der Waals surface area contributed by atoms with Crippen molar-refractivity contribution in [2.75, 3.05) is 28.3 Å². The Morgan fingerprint density at radius 2 is 1.91 bits per heavy atom. The molecule has 2 rings (SSSR count). The Kier molecular flexibility index (Phi) is 5.39. The highest BCUT2D eigenvalue weighted by Crippen LogP contribution is 2.35. The molecule has 0 saturated heterocycles. The molecule has 0 fully saturated rings. The minimum atomic E-state index is -0.0413. The Morgan fingerprint density at radius 1 is 1.22 bits per heavy atom. The van der Waals surface area contributed by atoms with Crippen molar-refractivity contribution in [3.05, 3.63) is 41.0 Å². The standard InChI is InChI=1S/C17H20N2O3S/c1-11-16(13(20)8-9-19(2)3)23-17(18-11)12-6-7-14(21-4)15(10-12)22-5/h6-10H,1-5H3. The highest BCUT2D eigenvalue weighted by molar-refractivity contribution is 7.17. The second-order valence-corrected chi connectivity index (χ2v) is 6.15. The number of ketones is 1. The van der Waals surface area contributed by atoms with Crippen LogP contribution in [0.3, 0.4) is 0 Å². The number of aryl methyl sites for hydroxylation is 1. The molecule has 0 amide bonds. The molecule has 0 radical (unpaired) electrons. The Bertz CT molecular complexity index is 735. The molecule has 0 saturated carbocycles. The minimum absolute atomic E-state index is 0.0413. The predicted octanol–water partition coefficient (Wildman–Crippen LogP) is 3.39. The number of benzene rings is 1. The van der Waals surface area contributed by atoms with Crippen molar-refractivity contribution < 1.29 is 14.3 Å². The minimum Gasteiger partial charge on any atom is -0.493 e. The van der Waals surface area contributed by atoms with Crippen LogP contribution in [0.2, 0.25) is 0 Å². The average Bonchev–Trinajstić information content (AvgIpc) is 2.93. The second-order valence-electron chi connectivity index (χ2n) is 5.15. The summed E-state index contributed by atoms with van der Waals surface area (Å²) in [5.41, 5.74) is 1.62. The fourth-order valence-electron chi connectivity index (χ4n) is 2.01. The topological polar surface area (TPSA) is 51.7 Å². The summed E-state index contributed by atoms with van der Waals surface area (Å²) in [4.78, 5) is 19.2. The van der Waals surface area contributed by atoms with E-state index < -0.39 is 0 Å². The number of methoxy groups -OCH3 is 2. The van der Waals surface area contributed by atoms with Gasteiger partial charge in [-0.3, -0.25) is 4.79 Å². The molecule has 0 aliphatic heterocycles. The number of carbonyl (C=O) groups excluding carboxylic acids is 1. The van der Waals surface area contributed by atoms with Crippen LogP contribution < -0.4 is 9.47 Å². The van der Waals surface area contributed by atoms with Gasteiger partial charge in [-0.05, 0) is 25.1 Å². The zero-order valence-corrected chi connectivity index (χ0v) is 14.7. The maximum absolute atomic E-state index is 12.3. The zero-order valence-electron chi connectivity index (χ0n) is 13.9. The lowest BCUT2D eigenvalue weighted by atomic mass is 10.2. The van der Waals surface area contributed by atoms with Crippen LogP contribution >= 0.6 is 11.3 Å². The maximum Gasteiger partial charge on any atom is 0.199 e. The summed E-state index contributed by atoms with van der Waals surface area (Å²) < 4.78 is 10.6. The van der Waals surface area contributed by atoms with Crippen LogP contribution in [0.1, 0.15) is 15.4 Å². The van der Waals surface area contributed by atoms with Gasteiger partial charge in [0.1, 0.15) is 5.01 Å². The van der Waals surface area contributed by atoms with Crippen molar-refractivity contribution in [1.29, 1.82) is 0 Å². The Morgan fingerprint density at radius 3 is 2.52 bits per heavy atom. The van der Waals surface area contributed by atoms with Crippen molar-refractivity contribution in [3.8, 4) is 22.1 Å². The SMILES string of the molecule is COc1ccc(-c2nc(C)c(C(=O)C=CN(C)C)s2)cc1OC. The van der Waals surface area contributed by atoms with E-state index >= 15 is 0 Å². The normalized spacial score (nSPS) is 10.8. The van der Waals surface area contributed by atoms with Crippen molar-refractivity contribution in [2.24, 2.45) is 0 Å². The molecule has 0 spiro atoms. The average molecular weight is 332 g/mol. The van der Waals surface area contributed by atoms with Gasteiger partial charge in [0.2, 0.25) is 0 Å². The summed E-state index contributed by atoms with van der Waals surface area (Å²) in [5, 5.41) is 0.782. The van der Waals surface area contributed by atoms with E-state index in [4.69, 9.17) is 9.47 Å². The lowest BCUT2D eigenvalue weighted by molar-refractivity contribution is 0.104. The molecule has 5 nitrogen and oxygen atoms in total. The molecule has 0 aliphatic carbocycles. The number of rotatable bonds is 6. The molecule has 1 aromatic carbocycles. The molecule has 6 heteroatoms. The number of nitrogens with zero attached hydrogens (tertiary/aromatic N) is 2. The summed E-state index contributed by atoms with van der Waals surface area (Å²) in [5.74, 6) is 1.26. The number of allylic oxidation sites excluding steroid dienone is 1. The Balaban J connectivity index is 2.36. The zero-order chi connectivity index (χ0) is 17.0. The highest BCUT2D eigenvalue weighted by atomic mass is 32.1. The fourth-order valence-corrected chi connectivity index (χ4v) is 2.99. The van der Waals surface area contributed by atoms with Gasteiger partial charge in [0.25, 0.3) is 0 Å². The lowest BCUT2D eigenvalue weighted by Gasteiger charge is -2.08. The largest absolute Gasteiger partial charge is 0.493 e. The third kappa shape index (κ3) is 3.90. The van der Waals surface area contributed by atoms with E-state index in [0.717, 1.165) is 16.3 Å². The predicted molar refractivity (Wildman–Crippen MR) is 92.5 cm³/mol. The van der Waals surface area contributed by atoms with E-state index in [0.29, 0.717) is 16.4 Å². The third-order valence-electron chi connectivity index (χ3n) is 3.17. The van der Waals surface area contributed by atoms with Crippen LogP contribution in [0.4, 0.5) is 0 Å². The second kappa shape index (κ2) is 7.28. The molecule has 1 heterocycles. The first kappa shape index (κ1) is 17.0. The van der Waals surface area contributed by atoms with Gasteiger partial charge < -0.3 is 14.4 Å². The lowest BCUT2D eigenvalue weighted by Crippen LogP contribution is -2.02. The summed E-state index contributed by atoms with van der Waals surface area (Å²) in [6.45, 7) is 1.84. The van der Waals surface area contributed by atoms with Gasteiger partial charge >= 0.3 is 0 Å². The van der Waals surface area contributed by atoms with Crippen LogP contribution in [0.15, 0.2) is 30.5 Å². The summed E-state index contributed by atoms with van der Waals surface area (Å²) in [6, 6.07) is 5.60. The quantitative estimate of drug-likeness (QED) is 0.599. The van der Waals surface area contributed by atoms with Crippen LogP contribution in [0, 0.1) is 6.92 Å². The van der Waals surface area contributed by atoms with Gasteiger partial charge in [-0.1, -0.05) is 0 Å². The van der Waals surface area contributed by atoms with E-state index in [1.54, 1.807) is 26.5 Å². The number of carbonyl (C=O) groups is 1.